The van der Waals surface area contributed by atoms with Crippen LogP contribution in [0.25, 0.3) is 0 Å². The van der Waals surface area contributed by atoms with Gasteiger partial charge in [0.1, 0.15) is 11.5 Å². The molecule has 2 amide bonds. The van der Waals surface area contributed by atoms with Crippen LogP contribution in [0.2, 0.25) is 0 Å². The van der Waals surface area contributed by atoms with E-state index < -0.39 is 11.8 Å². The summed E-state index contributed by atoms with van der Waals surface area (Å²) < 4.78 is 5.71. The van der Waals surface area contributed by atoms with E-state index in [-0.39, 0.29) is 11.9 Å². The highest BCUT2D eigenvalue weighted by molar-refractivity contribution is 5.94. The van der Waals surface area contributed by atoms with Crippen LogP contribution in [-0.4, -0.2) is 23.1 Å². The maximum Gasteiger partial charge on any atom is 0.251 e. The van der Waals surface area contributed by atoms with Gasteiger partial charge in [0, 0.05) is 17.5 Å². The van der Waals surface area contributed by atoms with Gasteiger partial charge in [0.15, 0.2) is 0 Å². The molecule has 0 radical (unpaired) electrons. The third-order valence-electron chi connectivity index (χ3n) is 4.12. The number of amides is 2. The van der Waals surface area contributed by atoms with Crippen LogP contribution in [-0.2, 0) is 4.79 Å². The Labute approximate surface area is 153 Å². The van der Waals surface area contributed by atoms with Crippen LogP contribution < -0.4 is 15.5 Å². The molecule has 0 aromatic heterocycles. The molecule has 0 saturated heterocycles. The van der Waals surface area contributed by atoms with Gasteiger partial charge in [-0.25, -0.2) is 5.48 Å². The molecule has 6 nitrogen and oxygen atoms in total. The molecule has 2 unspecified atom stereocenters. The second-order valence-corrected chi connectivity index (χ2v) is 6.13. The molecule has 2 atom stereocenters. The minimum Gasteiger partial charge on any atom is -0.457 e. The summed E-state index contributed by atoms with van der Waals surface area (Å²) in [5, 5.41) is 11.6. The van der Waals surface area contributed by atoms with Gasteiger partial charge in [-0.05, 0) is 49.2 Å². The van der Waals surface area contributed by atoms with Crippen LogP contribution in [0.5, 0.6) is 11.5 Å². The smallest absolute Gasteiger partial charge is 0.251 e. The largest absolute Gasteiger partial charge is 0.457 e. The van der Waals surface area contributed by atoms with Gasteiger partial charge < -0.3 is 10.1 Å². The lowest BCUT2D eigenvalue weighted by Gasteiger charge is -2.20. The van der Waals surface area contributed by atoms with Crippen molar-refractivity contribution in [3.8, 4) is 11.5 Å². The Morgan fingerprint density at radius 3 is 2.23 bits per heavy atom. The number of hydrogen-bond donors (Lipinski definition) is 3. The third kappa shape index (κ3) is 5.60. The number of hydroxylamine groups is 1. The maximum atomic E-state index is 12.4. The van der Waals surface area contributed by atoms with E-state index in [0.717, 1.165) is 5.75 Å². The van der Waals surface area contributed by atoms with Crippen molar-refractivity contribution >= 4 is 11.8 Å². The molecule has 2 aromatic rings. The van der Waals surface area contributed by atoms with Crippen molar-refractivity contribution in [2.24, 2.45) is 5.92 Å². The van der Waals surface area contributed by atoms with Gasteiger partial charge >= 0.3 is 0 Å². The number of ether oxygens (including phenoxy) is 1. The molecule has 2 rings (SSSR count). The van der Waals surface area contributed by atoms with E-state index in [1.807, 2.05) is 37.3 Å². The Kier molecular flexibility index (Phi) is 7.17. The van der Waals surface area contributed by atoms with E-state index in [9.17, 15) is 9.59 Å². The number of carbonyl (C=O) groups is 2. The fourth-order valence-corrected chi connectivity index (χ4v) is 2.54. The highest BCUT2D eigenvalue weighted by Gasteiger charge is 2.19. The van der Waals surface area contributed by atoms with E-state index in [0.29, 0.717) is 24.2 Å². The summed E-state index contributed by atoms with van der Waals surface area (Å²) in [6.07, 6.45) is 1.13. The Morgan fingerprint density at radius 1 is 1.04 bits per heavy atom. The van der Waals surface area contributed by atoms with Crippen LogP contribution in [0.1, 0.15) is 37.0 Å². The first-order chi connectivity index (χ1) is 12.5. The number of nitrogens with one attached hydrogen (secondary N) is 2. The van der Waals surface area contributed by atoms with Crippen LogP contribution in [0.4, 0.5) is 0 Å². The zero-order chi connectivity index (χ0) is 18.9. The minimum atomic E-state index is -0.458. The van der Waals surface area contributed by atoms with Crippen molar-refractivity contribution < 1.29 is 19.5 Å². The summed E-state index contributed by atoms with van der Waals surface area (Å²) in [5.41, 5.74) is 2.16. The van der Waals surface area contributed by atoms with Gasteiger partial charge in [0.2, 0.25) is 5.91 Å². The molecule has 2 aromatic carbocycles. The average molecular weight is 356 g/mol. The first kappa shape index (κ1) is 19.5. The van der Waals surface area contributed by atoms with Crippen LogP contribution in [0, 0.1) is 5.92 Å². The summed E-state index contributed by atoms with van der Waals surface area (Å²) in [6.45, 7) is 3.64. The average Bonchev–Trinajstić information content (AvgIpc) is 2.67. The Hall–Kier alpha value is -2.86. The molecule has 26 heavy (non-hydrogen) atoms. The minimum absolute atomic E-state index is 0.157. The van der Waals surface area contributed by atoms with Crippen LogP contribution in [0.15, 0.2) is 54.6 Å². The van der Waals surface area contributed by atoms with Crippen LogP contribution in [0.3, 0.4) is 0 Å². The predicted molar refractivity (Wildman–Crippen MR) is 98.2 cm³/mol. The summed E-state index contributed by atoms with van der Waals surface area (Å²) in [5.74, 6) is 0.312. The fraction of sp³-hybridized carbons (Fsp3) is 0.300. The molecule has 0 spiro atoms. The summed E-state index contributed by atoms with van der Waals surface area (Å²) in [7, 11) is 0. The molecule has 0 aliphatic heterocycles. The molecule has 138 valence electrons. The van der Waals surface area contributed by atoms with E-state index in [1.165, 1.54) is 0 Å². The summed E-state index contributed by atoms with van der Waals surface area (Å²) in [6, 6.07) is 16.1. The molecule has 0 bridgehead atoms. The monoisotopic (exact) mass is 356 g/mol. The summed E-state index contributed by atoms with van der Waals surface area (Å²) >= 11 is 0. The maximum absolute atomic E-state index is 12.4. The van der Waals surface area contributed by atoms with Gasteiger partial charge in [0.05, 0.1) is 0 Å². The Balaban J connectivity index is 1.95. The van der Waals surface area contributed by atoms with E-state index in [2.05, 4.69) is 5.32 Å². The highest BCUT2D eigenvalue weighted by atomic mass is 16.5. The Morgan fingerprint density at radius 2 is 1.65 bits per heavy atom. The molecule has 6 heteroatoms. The molecular formula is C20H24N2O4. The van der Waals surface area contributed by atoms with Crippen LogP contribution >= 0.6 is 0 Å². The SMILES string of the molecule is CCC(CC(C)C(=O)NO)NC(=O)c1ccc(Oc2ccccc2)cc1. The lowest BCUT2D eigenvalue weighted by atomic mass is 9.99. The summed E-state index contributed by atoms with van der Waals surface area (Å²) in [4.78, 5) is 23.8. The van der Waals surface area contributed by atoms with Crippen molar-refractivity contribution in [1.82, 2.24) is 10.8 Å². The van der Waals surface area contributed by atoms with Gasteiger partial charge in [-0.2, -0.15) is 0 Å². The topological polar surface area (TPSA) is 87.7 Å². The molecule has 3 N–H and O–H groups in total. The first-order valence-electron chi connectivity index (χ1n) is 8.61. The van der Waals surface area contributed by atoms with Crippen molar-refractivity contribution in [3.63, 3.8) is 0 Å². The third-order valence-corrected chi connectivity index (χ3v) is 4.12. The van der Waals surface area contributed by atoms with Gasteiger partial charge in [-0.15, -0.1) is 0 Å². The highest BCUT2D eigenvalue weighted by Crippen LogP contribution is 2.21. The lowest BCUT2D eigenvalue weighted by Crippen LogP contribution is -2.38. The predicted octanol–water partition coefficient (Wildman–Crippen LogP) is 3.52. The normalized spacial score (nSPS) is 12.7. The standard InChI is InChI=1S/C20H24N2O4/c1-3-16(13-14(2)19(23)22-25)21-20(24)15-9-11-18(12-10-15)26-17-7-5-4-6-8-17/h4-12,14,16,25H,3,13H2,1-2H3,(H,21,24)(H,22,23). The van der Waals surface area contributed by atoms with E-state index >= 15 is 0 Å². The quantitative estimate of drug-likeness (QED) is 0.499. The van der Waals surface area contributed by atoms with Gasteiger partial charge in [-0.3, -0.25) is 14.8 Å². The van der Waals surface area contributed by atoms with Crippen molar-refractivity contribution in [3.05, 3.63) is 60.2 Å². The van der Waals surface area contributed by atoms with E-state index in [4.69, 9.17) is 9.94 Å². The van der Waals surface area contributed by atoms with Crippen molar-refractivity contribution in [1.29, 1.82) is 0 Å². The zero-order valence-electron chi connectivity index (χ0n) is 14.9. The number of para-hydroxylation sites is 1. The molecular weight excluding hydrogens is 332 g/mol. The Bertz CT molecular complexity index is 716. The number of hydrogen-bond acceptors (Lipinski definition) is 4. The van der Waals surface area contributed by atoms with Gasteiger partial charge in [0.25, 0.3) is 5.91 Å². The van der Waals surface area contributed by atoms with Crippen molar-refractivity contribution in [2.45, 2.75) is 32.7 Å². The molecule has 0 saturated carbocycles. The number of carbonyl (C=O) groups excluding carboxylic acids is 2. The molecule has 0 aliphatic rings. The molecule has 0 heterocycles. The lowest BCUT2D eigenvalue weighted by molar-refractivity contribution is -0.133. The second kappa shape index (κ2) is 9.58. The second-order valence-electron chi connectivity index (χ2n) is 6.13. The fourth-order valence-electron chi connectivity index (χ4n) is 2.54. The zero-order valence-corrected chi connectivity index (χ0v) is 14.9. The van der Waals surface area contributed by atoms with Gasteiger partial charge in [-0.1, -0.05) is 32.0 Å². The first-order valence-corrected chi connectivity index (χ1v) is 8.61. The number of benzene rings is 2. The van der Waals surface area contributed by atoms with Crippen molar-refractivity contribution in [2.75, 3.05) is 0 Å². The molecule has 0 fully saturated rings. The number of rotatable bonds is 8. The molecule has 0 aliphatic carbocycles. The van der Waals surface area contributed by atoms with E-state index in [1.54, 1.807) is 36.7 Å².